The van der Waals surface area contributed by atoms with Crippen LogP contribution in [-0.2, 0) is 4.79 Å². The van der Waals surface area contributed by atoms with Crippen LogP contribution in [0.5, 0.6) is 0 Å². The zero-order valence-electron chi connectivity index (χ0n) is 13.2. The summed E-state index contributed by atoms with van der Waals surface area (Å²) in [5.74, 6) is 1.34. The van der Waals surface area contributed by atoms with E-state index in [2.05, 4.69) is 15.5 Å². The standard InChI is InChI=1S/C19H17N3O2/c1-12(10-14-8-5-9-24-14)15-11-16(23)20-19-17(15)18(21-22-19)13-6-3-2-4-7-13/h2-10,15H,11H2,1H3,(H2,20,21,22,23)/b12-10+/t15-/m1/s1. The van der Waals surface area contributed by atoms with Crippen LogP contribution in [0, 0.1) is 0 Å². The molecule has 0 radical (unpaired) electrons. The number of nitrogens with one attached hydrogen (secondary N) is 2. The zero-order valence-corrected chi connectivity index (χ0v) is 13.2. The maximum Gasteiger partial charge on any atom is 0.226 e. The summed E-state index contributed by atoms with van der Waals surface area (Å²) in [7, 11) is 0. The van der Waals surface area contributed by atoms with Crippen molar-refractivity contribution >= 4 is 17.8 Å². The molecular formula is C19H17N3O2. The Morgan fingerprint density at radius 3 is 2.83 bits per heavy atom. The van der Waals surface area contributed by atoms with Crippen molar-refractivity contribution in [2.45, 2.75) is 19.3 Å². The highest BCUT2D eigenvalue weighted by Gasteiger charge is 2.31. The second-order valence-corrected chi connectivity index (χ2v) is 5.94. The van der Waals surface area contributed by atoms with Gasteiger partial charge in [-0.25, -0.2) is 0 Å². The molecule has 2 aromatic heterocycles. The summed E-state index contributed by atoms with van der Waals surface area (Å²) in [6.45, 7) is 2.03. The number of fused-ring (bicyclic) bond motifs is 1. The van der Waals surface area contributed by atoms with Gasteiger partial charge in [-0.2, -0.15) is 5.10 Å². The Bertz CT molecular complexity index is 892. The zero-order chi connectivity index (χ0) is 16.5. The second-order valence-electron chi connectivity index (χ2n) is 5.94. The number of benzene rings is 1. The Morgan fingerprint density at radius 2 is 2.08 bits per heavy atom. The fourth-order valence-electron chi connectivity index (χ4n) is 3.17. The molecule has 0 saturated carbocycles. The van der Waals surface area contributed by atoms with Crippen molar-refractivity contribution in [3.8, 4) is 11.3 Å². The molecule has 0 saturated heterocycles. The molecule has 0 aliphatic carbocycles. The van der Waals surface area contributed by atoms with Crippen molar-refractivity contribution in [2.24, 2.45) is 0 Å². The van der Waals surface area contributed by atoms with Gasteiger partial charge in [0.15, 0.2) is 5.82 Å². The molecular weight excluding hydrogens is 302 g/mol. The summed E-state index contributed by atoms with van der Waals surface area (Å²) >= 11 is 0. The molecule has 4 rings (SSSR count). The van der Waals surface area contributed by atoms with Crippen molar-refractivity contribution in [3.05, 3.63) is 65.6 Å². The molecule has 0 fully saturated rings. The van der Waals surface area contributed by atoms with Gasteiger partial charge in [0.05, 0.1) is 12.0 Å². The first-order valence-electron chi connectivity index (χ1n) is 7.87. The van der Waals surface area contributed by atoms with Gasteiger partial charge >= 0.3 is 0 Å². The maximum absolute atomic E-state index is 12.1. The Kier molecular flexibility index (Phi) is 3.54. The minimum atomic E-state index is -0.0344. The smallest absolute Gasteiger partial charge is 0.226 e. The number of H-pyrrole nitrogens is 1. The van der Waals surface area contributed by atoms with Crippen LogP contribution in [-0.4, -0.2) is 16.1 Å². The van der Waals surface area contributed by atoms with E-state index in [1.807, 2.05) is 55.5 Å². The highest BCUT2D eigenvalue weighted by molar-refractivity contribution is 5.96. The third kappa shape index (κ3) is 2.54. The van der Waals surface area contributed by atoms with Crippen molar-refractivity contribution in [1.29, 1.82) is 0 Å². The van der Waals surface area contributed by atoms with Crippen LogP contribution in [0.15, 0.2) is 58.7 Å². The summed E-state index contributed by atoms with van der Waals surface area (Å²) in [4.78, 5) is 12.1. The number of nitrogens with zero attached hydrogens (tertiary/aromatic N) is 1. The molecule has 0 bridgehead atoms. The molecule has 2 N–H and O–H groups in total. The normalized spacial score (nSPS) is 17.5. The Balaban J connectivity index is 1.81. The van der Waals surface area contributed by atoms with E-state index in [4.69, 9.17) is 4.42 Å². The number of allylic oxidation sites excluding steroid dienone is 1. The summed E-state index contributed by atoms with van der Waals surface area (Å²) in [6, 6.07) is 13.8. The average Bonchev–Trinajstić information content (AvgIpc) is 3.24. The Morgan fingerprint density at radius 1 is 1.25 bits per heavy atom. The fraction of sp³-hybridized carbons (Fsp3) is 0.158. The van der Waals surface area contributed by atoms with Crippen molar-refractivity contribution in [1.82, 2.24) is 10.2 Å². The van der Waals surface area contributed by atoms with Gasteiger partial charge in [-0.05, 0) is 30.7 Å². The van der Waals surface area contributed by atoms with Crippen LogP contribution < -0.4 is 5.32 Å². The Labute approximate surface area is 139 Å². The number of aromatic amines is 1. The van der Waals surface area contributed by atoms with E-state index >= 15 is 0 Å². The van der Waals surface area contributed by atoms with Crippen molar-refractivity contribution in [2.75, 3.05) is 5.32 Å². The molecule has 0 unspecified atom stereocenters. The molecule has 5 nitrogen and oxygen atoms in total. The summed E-state index contributed by atoms with van der Waals surface area (Å²) in [6.07, 6.45) is 4.02. The lowest BCUT2D eigenvalue weighted by Crippen LogP contribution is -2.23. The van der Waals surface area contributed by atoms with Crippen LogP contribution in [0.4, 0.5) is 5.82 Å². The Hall–Kier alpha value is -3.08. The first-order valence-corrected chi connectivity index (χ1v) is 7.87. The lowest BCUT2D eigenvalue weighted by Gasteiger charge is -2.23. The number of furan rings is 1. The lowest BCUT2D eigenvalue weighted by molar-refractivity contribution is -0.116. The largest absolute Gasteiger partial charge is 0.465 e. The van der Waals surface area contributed by atoms with E-state index in [-0.39, 0.29) is 11.8 Å². The summed E-state index contributed by atoms with van der Waals surface area (Å²) < 4.78 is 5.41. The van der Waals surface area contributed by atoms with Crippen LogP contribution in [0.25, 0.3) is 17.3 Å². The van der Waals surface area contributed by atoms with Crippen LogP contribution in [0.2, 0.25) is 0 Å². The predicted octanol–water partition coefficient (Wildman–Crippen LogP) is 4.20. The van der Waals surface area contributed by atoms with Gasteiger partial charge < -0.3 is 9.73 Å². The number of anilines is 1. The molecule has 0 spiro atoms. The highest BCUT2D eigenvalue weighted by Crippen LogP contribution is 2.42. The molecule has 120 valence electrons. The quantitative estimate of drug-likeness (QED) is 0.760. The minimum Gasteiger partial charge on any atom is -0.465 e. The van der Waals surface area contributed by atoms with E-state index < -0.39 is 0 Å². The number of aromatic nitrogens is 2. The van der Waals surface area contributed by atoms with Crippen LogP contribution in [0.3, 0.4) is 0 Å². The van der Waals surface area contributed by atoms with Gasteiger partial charge in [-0.1, -0.05) is 35.9 Å². The van der Waals surface area contributed by atoms with E-state index in [0.29, 0.717) is 12.2 Å². The fourth-order valence-corrected chi connectivity index (χ4v) is 3.17. The molecule has 1 aliphatic rings. The summed E-state index contributed by atoms with van der Waals surface area (Å²) in [5.41, 5.74) is 4.10. The van der Waals surface area contributed by atoms with E-state index in [1.165, 1.54) is 0 Å². The lowest BCUT2D eigenvalue weighted by atomic mass is 9.84. The van der Waals surface area contributed by atoms with Crippen molar-refractivity contribution in [3.63, 3.8) is 0 Å². The van der Waals surface area contributed by atoms with Gasteiger partial charge in [-0.15, -0.1) is 0 Å². The minimum absolute atomic E-state index is 0.0224. The predicted molar refractivity (Wildman–Crippen MR) is 92.4 cm³/mol. The van der Waals surface area contributed by atoms with Gasteiger partial charge in [0.25, 0.3) is 0 Å². The molecule has 5 heteroatoms. The van der Waals surface area contributed by atoms with E-state index in [1.54, 1.807) is 6.26 Å². The van der Waals surface area contributed by atoms with Crippen LogP contribution >= 0.6 is 0 Å². The monoisotopic (exact) mass is 319 g/mol. The SMILES string of the molecule is C/C(=C\c1ccco1)[C@H]1CC(=O)Nc2n[nH]c(-c3ccccc3)c21. The highest BCUT2D eigenvalue weighted by atomic mass is 16.3. The molecule has 1 atom stereocenters. The first kappa shape index (κ1) is 14.5. The van der Waals surface area contributed by atoms with E-state index in [9.17, 15) is 4.79 Å². The molecule has 1 amide bonds. The topological polar surface area (TPSA) is 70.9 Å². The third-order valence-electron chi connectivity index (χ3n) is 4.32. The van der Waals surface area contributed by atoms with Gasteiger partial charge in [0, 0.05) is 17.9 Å². The van der Waals surface area contributed by atoms with Gasteiger partial charge in [0.1, 0.15) is 5.76 Å². The summed E-state index contributed by atoms with van der Waals surface area (Å²) in [5, 5.41) is 10.2. The molecule has 24 heavy (non-hydrogen) atoms. The molecule has 3 heterocycles. The molecule has 3 aromatic rings. The molecule has 1 aliphatic heterocycles. The van der Waals surface area contributed by atoms with Crippen molar-refractivity contribution < 1.29 is 9.21 Å². The average molecular weight is 319 g/mol. The number of carbonyl (C=O) groups excluding carboxylic acids is 1. The maximum atomic E-state index is 12.1. The van der Waals surface area contributed by atoms with Gasteiger partial charge in [0.2, 0.25) is 5.91 Å². The van der Waals surface area contributed by atoms with E-state index in [0.717, 1.165) is 28.2 Å². The third-order valence-corrected chi connectivity index (χ3v) is 4.32. The first-order chi connectivity index (χ1) is 11.7. The number of hydrogen-bond acceptors (Lipinski definition) is 3. The number of amides is 1. The number of carbonyl (C=O) groups is 1. The second kappa shape index (κ2) is 5.85. The van der Waals surface area contributed by atoms with Gasteiger partial charge in [-0.3, -0.25) is 9.89 Å². The number of hydrogen-bond donors (Lipinski definition) is 2. The van der Waals surface area contributed by atoms with Crippen LogP contribution in [0.1, 0.15) is 30.6 Å². The molecule has 1 aromatic carbocycles. The number of rotatable bonds is 3.